The number of hydrogen-bond acceptors (Lipinski definition) is 10. The minimum atomic E-state index is -0.375. The maximum atomic E-state index is 6.05. The molecule has 5 heterocycles. The monoisotopic (exact) mass is 414 g/mol. The summed E-state index contributed by atoms with van der Waals surface area (Å²) < 4.78 is 18.3. The first kappa shape index (κ1) is 18.6. The molecule has 0 aromatic carbocycles. The molecule has 9 nitrogen and oxygen atoms in total. The van der Waals surface area contributed by atoms with Gasteiger partial charge in [-0.15, -0.1) is 11.3 Å². The van der Waals surface area contributed by atoms with Crippen molar-refractivity contribution in [3.8, 4) is 11.4 Å². The largest absolute Gasteiger partial charge is 0.375 e. The van der Waals surface area contributed by atoms with E-state index in [4.69, 9.17) is 24.2 Å². The summed E-state index contributed by atoms with van der Waals surface area (Å²) in [6.07, 6.45) is 3.41. The number of thiophene rings is 1. The maximum absolute atomic E-state index is 6.05. The molecule has 1 N–H and O–H groups in total. The second-order valence-corrected chi connectivity index (χ2v) is 8.03. The molecule has 2 fully saturated rings. The smallest absolute Gasteiger partial charge is 0.222 e. The molecule has 0 radical (unpaired) electrons. The Morgan fingerprint density at radius 3 is 2.79 bits per heavy atom. The molecule has 152 valence electrons. The van der Waals surface area contributed by atoms with Crippen LogP contribution in [0.5, 0.6) is 0 Å². The fourth-order valence-electron chi connectivity index (χ4n) is 3.66. The van der Waals surface area contributed by atoms with Crippen LogP contribution in [0, 0.1) is 0 Å². The Morgan fingerprint density at radius 2 is 2.10 bits per heavy atom. The molecular weight excluding hydrogens is 392 g/mol. The average Bonchev–Trinajstić information content (AvgIpc) is 3.22. The van der Waals surface area contributed by atoms with Crippen molar-refractivity contribution in [1.29, 1.82) is 0 Å². The molecule has 0 amide bonds. The zero-order chi connectivity index (χ0) is 19.8. The van der Waals surface area contributed by atoms with Crippen LogP contribution in [0.25, 0.3) is 21.6 Å². The molecule has 2 aliphatic rings. The molecule has 3 aromatic heterocycles. The van der Waals surface area contributed by atoms with Gasteiger partial charge in [0.05, 0.1) is 35.6 Å². The van der Waals surface area contributed by atoms with Gasteiger partial charge in [-0.25, -0.2) is 19.9 Å². The molecule has 0 spiro atoms. The molecule has 10 heteroatoms. The first-order valence-corrected chi connectivity index (χ1v) is 10.4. The van der Waals surface area contributed by atoms with Crippen molar-refractivity contribution in [3.63, 3.8) is 0 Å². The number of aromatic nitrogens is 4. The van der Waals surface area contributed by atoms with Crippen molar-refractivity contribution in [1.82, 2.24) is 19.9 Å². The number of anilines is 2. The number of nitrogens with zero attached hydrogens (tertiary/aromatic N) is 5. The van der Waals surface area contributed by atoms with Crippen molar-refractivity contribution < 1.29 is 14.2 Å². The van der Waals surface area contributed by atoms with Crippen molar-refractivity contribution in [2.75, 3.05) is 57.3 Å². The highest BCUT2D eigenvalue weighted by Crippen LogP contribution is 2.35. The summed E-state index contributed by atoms with van der Waals surface area (Å²) in [5.41, 5.74) is 1.33. The number of morpholine rings is 1. The summed E-state index contributed by atoms with van der Waals surface area (Å²) in [6, 6.07) is 2.02. The van der Waals surface area contributed by atoms with Crippen LogP contribution in [0.1, 0.15) is 0 Å². The van der Waals surface area contributed by atoms with Gasteiger partial charge < -0.3 is 24.4 Å². The van der Waals surface area contributed by atoms with E-state index in [-0.39, 0.29) is 11.7 Å². The van der Waals surface area contributed by atoms with Crippen molar-refractivity contribution in [2.45, 2.75) is 11.7 Å². The zero-order valence-corrected chi connectivity index (χ0v) is 17.1. The summed E-state index contributed by atoms with van der Waals surface area (Å²) in [4.78, 5) is 20.5. The molecule has 2 saturated heterocycles. The number of rotatable bonds is 5. The van der Waals surface area contributed by atoms with E-state index in [2.05, 4.69) is 20.2 Å². The van der Waals surface area contributed by atoms with Crippen molar-refractivity contribution in [2.24, 2.45) is 0 Å². The molecule has 0 aliphatic carbocycles. The second-order valence-electron chi connectivity index (χ2n) is 7.12. The lowest BCUT2D eigenvalue weighted by Gasteiger charge is -2.48. The Labute approximate surface area is 172 Å². The summed E-state index contributed by atoms with van der Waals surface area (Å²) in [5, 5.41) is 4.97. The van der Waals surface area contributed by atoms with E-state index in [0.717, 1.165) is 28.1 Å². The van der Waals surface area contributed by atoms with Gasteiger partial charge in [0.2, 0.25) is 5.95 Å². The number of fused-ring (bicyclic) bond motifs is 1. The second kappa shape index (κ2) is 7.45. The zero-order valence-electron chi connectivity index (χ0n) is 16.3. The van der Waals surface area contributed by atoms with Crippen LogP contribution >= 0.6 is 11.3 Å². The number of hydrogen-bond donors (Lipinski definition) is 1. The first-order valence-electron chi connectivity index (χ1n) is 9.47. The summed E-state index contributed by atoms with van der Waals surface area (Å²) in [7, 11) is 3.51. The SMILES string of the molecule is CNc1ncc(-c2nc(N3CCOC(C4(OC)COC4)C3)c3sccc3n2)cn1. The van der Waals surface area contributed by atoms with E-state index in [1.54, 1.807) is 37.9 Å². The summed E-state index contributed by atoms with van der Waals surface area (Å²) >= 11 is 1.65. The highest BCUT2D eigenvalue weighted by Gasteiger charge is 2.49. The van der Waals surface area contributed by atoms with Gasteiger partial charge in [0.25, 0.3) is 0 Å². The van der Waals surface area contributed by atoms with Crippen LogP contribution in [0.4, 0.5) is 11.8 Å². The van der Waals surface area contributed by atoms with Gasteiger partial charge in [-0.05, 0) is 11.4 Å². The van der Waals surface area contributed by atoms with Crippen LogP contribution in [0.3, 0.4) is 0 Å². The lowest BCUT2D eigenvalue weighted by molar-refractivity contribution is -0.251. The van der Waals surface area contributed by atoms with Gasteiger partial charge in [-0.1, -0.05) is 0 Å². The highest BCUT2D eigenvalue weighted by atomic mass is 32.1. The molecule has 1 atom stereocenters. The average molecular weight is 414 g/mol. The number of ether oxygens (including phenoxy) is 3. The Hall–Kier alpha value is -2.40. The third-order valence-corrected chi connectivity index (χ3v) is 6.37. The van der Waals surface area contributed by atoms with Gasteiger partial charge in [0, 0.05) is 39.6 Å². The predicted octanol–water partition coefficient (Wildman–Crippen LogP) is 1.81. The molecule has 1 unspecified atom stereocenters. The lowest BCUT2D eigenvalue weighted by atomic mass is 9.93. The van der Waals surface area contributed by atoms with E-state index in [1.165, 1.54) is 0 Å². The fraction of sp³-hybridized carbons (Fsp3) is 0.474. The van der Waals surface area contributed by atoms with Gasteiger partial charge in [0.1, 0.15) is 11.7 Å². The van der Waals surface area contributed by atoms with Gasteiger partial charge in [0.15, 0.2) is 11.6 Å². The topological polar surface area (TPSA) is 94.5 Å². The third kappa shape index (κ3) is 3.21. The van der Waals surface area contributed by atoms with E-state index < -0.39 is 0 Å². The molecule has 0 bridgehead atoms. The van der Waals surface area contributed by atoms with Crippen molar-refractivity contribution in [3.05, 3.63) is 23.8 Å². The molecule has 3 aromatic rings. The Bertz CT molecular complexity index is 1000. The third-order valence-electron chi connectivity index (χ3n) is 5.47. The quantitative estimate of drug-likeness (QED) is 0.671. The first-order chi connectivity index (χ1) is 14.2. The lowest BCUT2D eigenvalue weighted by Crippen LogP contribution is -2.65. The number of nitrogens with one attached hydrogen (secondary N) is 1. The maximum Gasteiger partial charge on any atom is 0.222 e. The van der Waals surface area contributed by atoms with E-state index in [0.29, 0.717) is 38.1 Å². The van der Waals surface area contributed by atoms with Crippen molar-refractivity contribution >= 4 is 33.3 Å². The van der Waals surface area contributed by atoms with Crippen LogP contribution in [0.15, 0.2) is 23.8 Å². The molecular formula is C19H22N6O3S. The minimum Gasteiger partial charge on any atom is -0.375 e. The molecule has 2 aliphatic heterocycles. The van der Waals surface area contributed by atoms with Gasteiger partial charge in [-0.2, -0.15) is 0 Å². The van der Waals surface area contributed by atoms with Crippen LogP contribution in [-0.4, -0.2) is 78.7 Å². The summed E-state index contributed by atoms with van der Waals surface area (Å²) in [6.45, 7) is 3.18. The Balaban J connectivity index is 1.51. The van der Waals surface area contributed by atoms with Gasteiger partial charge >= 0.3 is 0 Å². The Morgan fingerprint density at radius 1 is 1.28 bits per heavy atom. The molecule has 5 rings (SSSR count). The van der Waals surface area contributed by atoms with Gasteiger partial charge in [-0.3, -0.25) is 0 Å². The summed E-state index contributed by atoms with van der Waals surface area (Å²) in [5.74, 6) is 2.09. The predicted molar refractivity (Wildman–Crippen MR) is 110 cm³/mol. The Kier molecular flexibility index (Phi) is 4.78. The highest BCUT2D eigenvalue weighted by molar-refractivity contribution is 7.17. The normalized spacial score (nSPS) is 21.2. The minimum absolute atomic E-state index is 0.0679. The number of methoxy groups -OCH3 is 1. The van der Waals surface area contributed by atoms with E-state index in [9.17, 15) is 0 Å². The van der Waals surface area contributed by atoms with Crippen LogP contribution < -0.4 is 10.2 Å². The molecule has 0 saturated carbocycles. The standard InChI is InChI=1S/C19H22N6O3S/c1-20-18-21-7-12(8-22-18)16-23-13-3-6-29-15(13)17(24-16)25-4-5-28-14(9-25)19(26-2)10-27-11-19/h3,6-8,14H,4-5,9-11H2,1-2H3,(H,20,21,22). The van der Waals surface area contributed by atoms with Crippen LogP contribution in [0.2, 0.25) is 0 Å². The molecule has 29 heavy (non-hydrogen) atoms. The van der Waals surface area contributed by atoms with E-state index in [1.807, 2.05) is 11.4 Å². The van der Waals surface area contributed by atoms with E-state index >= 15 is 0 Å². The fourth-order valence-corrected chi connectivity index (χ4v) is 4.51. The van der Waals surface area contributed by atoms with Crippen LogP contribution in [-0.2, 0) is 14.2 Å².